The minimum absolute atomic E-state index is 0.125. The molecule has 1 aromatic rings. The molecule has 2 fully saturated rings. The van der Waals surface area contributed by atoms with Crippen LogP contribution in [0, 0.1) is 0 Å². The predicted octanol–water partition coefficient (Wildman–Crippen LogP) is 0.681. The number of nitrogens with one attached hydrogen (secondary N) is 1. The van der Waals surface area contributed by atoms with Gasteiger partial charge >= 0.3 is 0 Å². The van der Waals surface area contributed by atoms with Crippen LogP contribution in [0.15, 0.2) is 18.6 Å². The highest BCUT2D eigenvalue weighted by molar-refractivity contribution is 5.96. The number of carbonyl (C=O) groups is 2. The lowest BCUT2D eigenvalue weighted by Crippen LogP contribution is -2.47. The molecule has 0 bridgehead atoms. The summed E-state index contributed by atoms with van der Waals surface area (Å²) in [6.07, 6.45) is 9.07. The van der Waals surface area contributed by atoms with Crippen LogP contribution in [0.25, 0.3) is 0 Å². The Labute approximate surface area is 122 Å². The van der Waals surface area contributed by atoms with Crippen LogP contribution in [0.4, 0.5) is 0 Å². The molecule has 7 nitrogen and oxygen atoms in total. The summed E-state index contributed by atoms with van der Waals surface area (Å²) < 4.78 is 0. The third kappa shape index (κ3) is 3.02. The van der Waals surface area contributed by atoms with Crippen molar-refractivity contribution in [2.24, 2.45) is 0 Å². The van der Waals surface area contributed by atoms with E-state index in [-0.39, 0.29) is 23.6 Å². The quantitative estimate of drug-likeness (QED) is 0.824. The first-order valence-electron chi connectivity index (χ1n) is 7.28. The fraction of sp³-hybridized carbons (Fsp3) is 0.571. The zero-order chi connectivity index (χ0) is 14.7. The smallest absolute Gasteiger partial charge is 0.274 e. The van der Waals surface area contributed by atoms with Gasteiger partial charge in [-0.2, -0.15) is 0 Å². The van der Waals surface area contributed by atoms with Crippen molar-refractivity contribution >= 4 is 11.8 Å². The van der Waals surface area contributed by atoms with Gasteiger partial charge in [-0.15, -0.1) is 0 Å². The van der Waals surface area contributed by atoms with Gasteiger partial charge in [0.2, 0.25) is 0 Å². The number of hydrogen-bond donors (Lipinski definition) is 1. The van der Waals surface area contributed by atoms with Crippen molar-refractivity contribution in [2.75, 3.05) is 6.54 Å². The number of likely N-dealkylation sites (tertiary alicyclic amines) is 1. The first kappa shape index (κ1) is 13.9. The Bertz CT molecular complexity index is 518. The molecule has 2 amide bonds. The molecule has 1 aliphatic carbocycles. The Hall–Kier alpha value is -2.02. The van der Waals surface area contributed by atoms with Crippen molar-refractivity contribution in [2.45, 2.75) is 44.2 Å². The van der Waals surface area contributed by atoms with Crippen LogP contribution in [0.1, 0.15) is 42.6 Å². The number of amides is 2. The van der Waals surface area contributed by atoms with Crippen LogP contribution in [-0.4, -0.2) is 45.4 Å². The van der Waals surface area contributed by atoms with Crippen LogP contribution < -0.4 is 5.48 Å². The van der Waals surface area contributed by atoms with Gasteiger partial charge in [-0.25, -0.2) is 10.5 Å². The zero-order valence-corrected chi connectivity index (χ0v) is 11.7. The minimum Gasteiger partial charge on any atom is -0.325 e. The first-order valence-corrected chi connectivity index (χ1v) is 7.28. The van der Waals surface area contributed by atoms with Gasteiger partial charge in [-0.05, 0) is 32.1 Å². The van der Waals surface area contributed by atoms with Crippen molar-refractivity contribution in [3.63, 3.8) is 0 Å². The van der Waals surface area contributed by atoms with Gasteiger partial charge in [-0.1, -0.05) is 0 Å². The van der Waals surface area contributed by atoms with Crippen molar-refractivity contribution in [3.05, 3.63) is 24.3 Å². The molecule has 1 saturated heterocycles. The molecule has 1 unspecified atom stereocenters. The van der Waals surface area contributed by atoms with E-state index in [2.05, 4.69) is 15.4 Å². The molecule has 7 heteroatoms. The van der Waals surface area contributed by atoms with Gasteiger partial charge in [0.1, 0.15) is 11.7 Å². The van der Waals surface area contributed by atoms with Crippen LogP contribution >= 0.6 is 0 Å². The Morgan fingerprint density at radius 3 is 2.76 bits per heavy atom. The van der Waals surface area contributed by atoms with E-state index in [0.717, 1.165) is 25.7 Å². The molecule has 0 spiro atoms. The lowest BCUT2D eigenvalue weighted by molar-refractivity contribution is -0.146. The summed E-state index contributed by atoms with van der Waals surface area (Å²) in [4.78, 5) is 39.3. The molecule has 112 valence electrons. The van der Waals surface area contributed by atoms with E-state index in [9.17, 15) is 9.59 Å². The minimum atomic E-state index is -0.486. The third-order valence-electron chi connectivity index (χ3n) is 3.98. The van der Waals surface area contributed by atoms with Crippen molar-refractivity contribution < 1.29 is 14.4 Å². The summed E-state index contributed by atoms with van der Waals surface area (Å²) in [7, 11) is 0. The SMILES string of the molecule is O=C(NOC1CCC1)C1CCCN1C(=O)c1cnccn1. The van der Waals surface area contributed by atoms with Crippen LogP contribution in [0.2, 0.25) is 0 Å². The van der Waals surface area contributed by atoms with Gasteiger partial charge < -0.3 is 4.90 Å². The summed E-state index contributed by atoms with van der Waals surface area (Å²) in [6.45, 7) is 0.553. The number of hydrogen-bond acceptors (Lipinski definition) is 5. The van der Waals surface area contributed by atoms with E-state index < -0.39 is 6.04 Å². The molecule has 1 saturated carbocycles. The number of aromatic nitrogens is 2. The molecule has 1 atom stereocenters. The summed E-state index contributed by atoms with van der Waals surface area (Å²) >= 11 is 0. The Kier molecular flexibility index (Phi) is 4.10. The maximum Gasteiger partial charge on any atom is 0.274 e. The van der Waals surface area contributed by atoms with Crippen LogP contribution in [0.3, 0.4) is 0 Å². The maximum atomic E-state index is 12.4. The molecule has 2 aliphatic rings. The third-order valence-corrected chi connectivity index (χ3v) is 3.98. The standard InChI is InChI=1S/C14H18N4O3/c19-13(17-21-10-3-1-4-10)12-5-2-8-18(12)14(20)11-9-15-6-7-16-11/h6-7,9-10,12H,1-5,8H2,(H,17,19). The summed E-state index contributed by atoms with van der Waals surface area (Å²) in [5, 5.41) is 0. The normalized spacial score (nSPS) is 21.9. The Morgan fingerprint density at radius 1 is 1.24 bits per heavy atom. The lowest BCUT2D eigenvalue weighted by atomic mass is 9.97. The van der Waals surface area contributed by atoms with E-state index in [1.54, 1.807) is 4.90 Å². The van der Waals surface area contributed by atoms with E-state index in [4.69, 9.17) is 4.84 Å². The highest BCUT2D eigenvalue weighted by Crippen LogP contribution is 2.22. The molecule has 1 aliphatic heterocycles. The molecule has 2 heterocycles. The molecule has 1 N–H and O–H groups in total. The van der Waals surface area contributed by atoms with E-state index >= 15 is 0 Å². The van der Waals surface area contributed by atoms with Crippen molar-refractivity contribution in [1.82, 2.24) is 20.3 Å². The van der Waals surface area contributed by atoms with Crippen molar-refractivity contribution in [3.8, 4) is 0 Å². The topological polar surface area (TPSA) is 84.4 Å². The lowest BCUT2D eigenvalue weighted by Gasteiger charge is -2.27. The molecule has 0 aromatic carbocycles. The van der Waals surface area contributed by atoms with Crippen molar-refractivity contribution in [1.29, 1.82) is 0 Å². The predicted molar refractivity (Wildman–Crippen MR) is 73.0 cm³/mol. The molecule has 3 rings (SSSR count). The molecular formula is C14H18N4O3. The Morgan fingerprint density at radius 2 is 2.10 bits per heavy atom. The van der Waals surface area contributed by atoms with Gasteiger partial charge in [0.15, 0.2) is 0 Å². The second-order valence-corrected chi connectivity index (χ2v) is 5.38. The van der Waals surface area contributed by atoms with Crippen LogP contribution in [-0.2, 0) is 9.63 Å². The number of carbonyl (C=O) groups excluding carboxylic acids is 2. The van der Waals surface area contributed by atoms with Crippen LogP contribution in [0.5, 0.6) is 0 Å². The van der Waals surface area contributed by atoms with Gasteiger partial charge in [0, 0.05) is 18.9 Å². The summed E-state index contributed by atoms with van der Waals surface area (Å²) in [5.74, 6) is -0.513. The average Bonchev–Trinajstić information content (AvgIpc) is 2.95. The largest absolute Gasteiger partial charge is 0.325 e. The highest BCUT2D eigenvalue weighted by atomic mass is 16.7. The summed E-state index contributed by atoms with van der Waals surface area (Å²) in [6, 6.07) is -0.486. The zero-order valence-electron chi connectivity index (χ0n) is 11.7. The number of nitrogens with zero attached hydrogens (tertiary/aromatic N) is 3. The van der Waals surface area contributed by atoms with E-state index in [1.165, 1.54) is 18.6 Å². The van der Waals surface area contributed by atoms with Gasteiger partial charge in [0.05, 0.1) is 12.3 Å². The first-order chi connectivity index (χ1) is 10.3. The molecule has 0 radical (unpaired) electrons. The highest BCUT2D eigenvalue weighted by Gasteiger charge is 2.35. The fourth-order valence-electron chi connectivity index (χ4n) is 2.54. The average molecular weight is 290 g/mol. The van der Waals surface area contributed by atoms with Gasteiger partial charge in [-0.3, -0.25) is 19.4 Å². The Balaban J connectivity index is 1.61. The fourth-order valence-corrected chi connectivity index (χ4v) is 2.54. The molecule has 21 heavy (non-hydrogen) atoms. The second kappa shape index (κ2) is 6.17. The monoisotopic (exact) mass is 290 g/mol. The van der Waals surface area contributed by atoms with Gasteiger partial charge in [0.25, 0.3) is 11.8 Å². The number of rotatable bonds is 4. The summed E-state index contributed by atoms with van der Waals surface area (Å²) in [5.41, 5.74) is 2.76. The van der Waals surface area contributed by atoms with E-state index in [0.29, 0.717) is 13.0 Å². The number of hydroxylamine groups is 1. The molecule has 1 aromatic heterocycles. The second-order valence-electron chi connectivity index (χ2n) is 5.38. The maximum absolute atomic E-state index is 12.4. The van der Waals surface area contributed by atoms with E-state index in [1.807, 2.05) is 0 Å². The molecular weight excluding hydrogens is 272 g/mol.